The first-order valence-electron chi connectivity index (χ1n) is 4.91. The van der Waals surface area contributed by atoms with Gasteiger partial charge in [0, 0.05) is 0 Å². The van der Waals surface area contributed by atoms with Gasteiger partial charge < -0.3 is 0 Å². The Bertz CT molecular complexity index is 408. The maximum absolute atomic E-state index is 12.0. The number of carbonyl (C=O) groups excluding carboxylic acids is 3. The highest BCUT2D eigenvalue weighted by Gasteiger charge is 2.51. The lowest BCUT2D eigenvalue weighted by Gasteiger charge is -2.15. The van der Waals surface area contributed by atoms with Gasteiger partial charge in [-0.25, -0.2) is 0 Å². The average Bonchev–Trinajstić information content (AvgIpc) is 2.37. The molecule has 1 fully saturated rings. The highest BCUT2D eigenvalue weighted by Crippen LogP contribution is 2.41. The van der Waals surface area contributed by atoms with E-state index in [1.54, 1.807) is 26.0 Å². The first-order chi connectivity index (χ1) is 7.31. The van der Waals surface area contributed by atoms with E-state index in [0.29, 0.717) is 0 Å². The van der Waals surface area contributed by atoms with E-state index in [-0.39, 0.29) is 16.7 Å². The van der Waals surface area contributed by atoms with E-state index in [4.69, 9.17) is 0 Å². The predicted molar refractivity (Wildman–Crippen MR) is 64.1 cm³/mol. The number of hydrogen-bond acceptors (Lipinski definition) is 4. The van der Waals surface area contributed by atoms with Crippen molar-refractivity contribution in [1.29, 1.82) is 0 Å². The molecule has 2 unspecified atom stereocenters. The summed E-state index contributed by atoms with van der Waals surface area (Å²) in [4.78, 5) is 34.8. The number of thioether (sulfide) groups is 1. The molecule has 1 heterocycles. The lowest BCUT2D eigenvalue weighted by Crippen LogP contribution is -2.32. The van der Waals surface area contributed by atoms with Crippen LogP contribution < -0.4 is 0 Å². The monoisotopic (exact) mass is 238 g/mol. The van der Waals surface area contributed by atoms with Crippen molar-refractivity contribution in [3.05, 3.63) is 24.3 Å². The summed E-state index contributed by atoms with van der Waals surface area (Å²) in [6, 6.07) is 0. The van der Waals surface area contributed by atoms with Gasteiger partial charge in [0.15, 0.2) is 5.78 Å². The SMILES string of the molecule is C=CC(C)=CC1(C)SC(=O)C(C(C)=O)C1=O. The topological polar surface area (TPSA) is 51.2 Å². The number of ketones is 2. The van der Waals surface area contributed by atoms with Gasteiger partial charge in [0.1, 0.15) is 11.7 Å². The van der Waals surface area contributed by atoms with Crippen LogP contribution in [0.4, 0.5) is 0 Å². The van der Waals surface area contributed by atoms with E-state index in [9.17, 15) is 14.4 Å². The zero-order valence-corrected chi connectivity index (χ0v) is 10.4. The van der Waals surface area contributed by atoms with Gasteiger partial charge in [-0.2, -0.15) is 0 Å². The predicted octanol–water partition coefficient (Wildman–Crippen LogP) is 1.93. The van der Waals surface area contributed by atoms with Gasteiger partial charge in [-0.1, -0.05) is 36.1 Å². The van der Waals surface area contributed by atoms with E-state index >= 15 is 0 Å². The summed E-state index contributed by atoms with van der Waals surface area (Å²) in [7, 11) is 0. The van der Waals surface area contributed by atoms with Crippen molar-refractivity contribution >= 4 is 28.4 Å². The van der Waals surface area contributed by atoms with E-state index in [2.05, 4.69) is 6.58 Å². The fraction of sp³-hybridized carbons (Fsp3) is 0.417. The number of Topliss-reactive ketones (excluding diaryl/α,β-unsaturated/α-hetero) is 2. The Morgan fingerprint density at radius 3 is 2.38 bits per heavy atom. The van der Waals surface area contributed by atoms with Crippen LogP contribution >= 0.6 is 11.8 Å². The molecule has 0 saturated carbocycles. The summed E-state index contributed by atoms with van der Waals surface area (Å²) >= 11 is 0.923. The molecular formula is C12H14O3S. The molecular weight excluding hydrogens is 224 g/mol. The maximum Gasteiger partial charge on any atom is 0.208 e. The van der Waals surface area contributed by atoms with Crippen molar-refractivity contribution in [2.45, 2.75) is 25.5 Å². The molecule has 0 N–H and O–H groups in total. The lowest BCUT2D eigenvalue weighted by molar-refractivity contribution is -0.135. The molecule has 0 spiro atoms. The minimum atomic E-state index is -1.09. The van der Waals surface area contributed by atoms with E-state index in [0.717, 1.165) is 17.3 Å². The van der Waals surface area contributed by atoms with Crippen molar-refractivity contribution in [1.82, 2.24) is 0 Å². The van der Waals surface area contributed by atoms with Gasteiger partial charge in [0.25, 0.3) is 0 Å². The van der Waals surface area contributed by atoms with Crippen molar-refractivity contribution in [3.8, 4) is 0 Å². The molecule has 2 atom stereocenters. The first kappa shape index (κ1) is 12.9. The van der Waals surface area contributed by atoms with Crippen molar-refractivity contribution < 1.29 is 14.4 Å². The minimum absolute atomic E-state index is 0.323. The third kappa shape index (κ3) is 2.16. The molecule has 16 heavy (non-hydrogen) atoms. The van der Waals surface area contributed by atoms with Crippen LogP contribution in [0.15, 0.2) is 24.3 Å². The maximum atomic E-state index is 12.0. The molecule has 1 saturated heterocycles. The number of rotatable bonds is 3. The minimum Gasteiger partial charge on any atom is -0.299 e. The van der Waals surface area contributed by atoms with Crippen LogP contribution in [0.25, 0.3) is 0 Å². The third-order valence-corrected chi connectivity index (χ3v) is 3.71. The summed E-state index contributed by atoms with van der Waals surface area (Å²) < 4.78 is -0.925. The van der Waals surface area contributed by atoms with Gasteiger partial charge in [0.05, 0.1) is 4.75 Å². The zero-order valence-electron chi connectivity index (χ0n) is 9.57. The summed E-state index contributed by atoms with van der Waals surface area (Å²) in [5.74, 6) is -1.80. The average molecular weight is 238 g/mol. The Labute approximate surface area is 99.0 Å². The van der Waals surface area contributed by atoms with Gasteiger partial charge in [-0.15, -0.1) is 0 Å². The molecule has 3 nitrogen and oxygen atoms in total. The quantitative estimate of drug-likeness (QED) is 0.557. The fourth-order valence-electron chi connectivity index (χ4n) is 1.66. The summed E-state index contributed by atoms with van der Waals surface area (Å²) in [6.45, 7) is 8.33. The van der Waals surface area contributed by atoms with Crippen LogP contribution in [0.3, 0.4) is 0 Å². The zero-order chi connectivity index (χ0) is 12.5. The Hall–Kier alpha value is -1.16. The van der Waals surface area contributed by atoms with Crippen LogP contribution in [0.2, 0.25) is 0 Å². The molecule has 1 rings (SSSR count). The van der Waals surface area contributed by atoms with Crippen molar-refractivity contribution in [2.24, 2.45) is 5.92 Å². The summed E-state index contributed by atoms with van der Waals surface area (Å²) in [5, 5.41) is -0.354. The molecule has 0 aromatic heterocycles. The second kappa shape index (κ2) is 4.37. The number of carbonyl (C=O) groups is 3. The molecule has 1 aliphatic rings. The van der Waals surface area contributed by atoms with Crippen LogP contribution in [-0.4, -0.2) is 21.4 Å². The fourth-order valence-corrected chi connectivity index (χ4v) is 2.93. The van der Waals surface area contributed by atoms with E-state index in [1.807, 2.05) is 0 Å². The van der Waals surface area contributed by atoms with Crippen molar-refractivity contribution in [3.63, 3.8) is 0 Å². The Morgan fingerprint density at radius 1 is 1.44 bits per heavy atom. The van der Waals surface area contributed by atoms with Crippen LogP contribution in [0.5, 0.6) is 0 Å². The summed E-state index contributed by atoms with van der Waals surface area (Å²) in [6.07, 6.45) is 3.30. The summed E-state index contributed by atoms with van der Waals surface area (Å²) in [5.41, 5.74) is 0.820. The molecule has 0 bridgehead atoms. The number of hydrogen-bond donors (Lipinski definition) is 0. The second-order valence-corrected chi connectivity index (χ2v) is 5.48. The highest BCUT2D eigenvalue weighted by molar-refractivity contribution is 8.16. The molecule has 0 aliphatic carbocycles. The molecule has 0 radical (unpaired) electrons. The smallest absolute Gasteiger partial charge is 0.208 e. The van der Waals surface area contributed by atoms with Gasteiger partial charge in [-0.05, 0) is 20.8 Å². The van der Waals surface area contributed by atoms with Gasteiger partial charge >= 0.3 is 0 Å². The van der Waals surface area contributed by atoms with Crippen LogP contribution in [0, 0.1) is 5.92 Å². The second-order valence-electron chi connectivity index (χ2n) is 4.03. The first-order valence-corrected chi connectivity index (χ1v) is 5.73. The lowest BCUT2D eigenvalue weighted by atomic mass is 9.91. The van der Waals surface area contributed by atoms with Crippen LogP contribution in [0.1, 0.15) is 20.8 Å². The van der Waals surface area contributed by atoms with Crippen molar-refractivity contribution in [2.75, 3.05) is 0 Å². The molecule has 1 aliphatic heterocycles. The molecule has 86 valence electrons. The Morgan fingerprint density at radius 2 is 2.00 bits per heavy atom. The molecule has 4 heteroatoms. The van der Waals surface area contributed by atoms with Gasteiger partial charge in [-0.3, -0.25) is 14.4 Å². The number of allylic oxidation sites excluding steroid dienone is 2. The van der Waals surface area contributed by atoms with Gasteiger partial charge in [0.2, 0.25) is 5.12 Å². The Balaban J connectivity index is 3.12. The third-order valence-electron chi connectivity index (χ3n) is 2.53. The normalized spacial score (nSPS) is 30.7. The molecule has 0 amide bonds. The molecule has 0 aromatic rings. The molecule has 0 aromatic carbocycles. The Kier molecular flexibility index (Phi) is 3.53. The van der Waals surface area contributed by atoms with E-state index in [1.165, 1.54) is 6.92 Å². The van der Waals surface area contributed by atoms with E-state index < -0.39 is 10.7 Å². The van der Waals surface area contributed by atoms with Crippen LogP contribution in [-0.2, 0) is 14.4 Å². The standard InChI is InChI=1S/C12H14O3S/c1-5-7(2)6-12(4)10(14)9(8(3)13)11(15)16-12/h5-6,9H,1H2,2-4H3. The largest absolute Gasteiger partial charge is 0.299 e. The highest BCUT2D eigenvalue weighted by atomic mass is 32.2.